The molecule has 0 atom stereocenters. The third-order valence-corrected chi connectivity index (χ3v) is 7.22. The minimum atomic E-state index is 0.0419. The number of pyridine rings is 1. The molecule has 0 unspecified atom stereocenters. The number of carbonyl (C=O) groups excluding carboxylic acids is 1. The summed E-state index contributed by atoms with van der Waals surface area (Å²) in [6.45, 7) is 5.73. The highest BCUT2D eigenvalue weighted by atomic mass is 35.5. The van der Waals surface area contributed by atoms with Gasteiger partial charge in [-0.05, 0) is 53.9 Å². The standard InChI is InChI=1S/C27H27Cl2N5O2/c1-18-26-23(19-4-7-22(36-2)8-5-19)9-10-30-27(26)34(31-18)17-25(35)33-13-11-32(12-14-33)16-20-3-6-21(28)15-24(20)29/h3-10,15H,11-14,16-17H2,1-2H3. The maximum Gasteiger partial charge on any atom is 0.244 e. The van der Waals surface area contributed by atoms with Crippen LogP contribution in [-0.4, -0.2) is 63.8 Å². The van der Waals surface area contributed by atoms with Gasteiger partial charge in [0, 0.05) is 54.4 Å². The summed E-state index contributed by atoms with van der Waals surface area (Å²) in [5.74, 6) is 0.846. The van der Waals surface area contributed by atoms with Gasteiger partial charge in [-0.15, -0.1) is 0 Å². The smallest absolute Gasteiger partial charge is 0.244 e. The second kappa shape index (κ2) is 10.5. The monoisotopic (exact) mass is 523 g/mol. The molecule has 2 aromatic carbocycles. The molecule has 36 heavy (non-hydrogen) atoms. The Labute approximate surface area is 220 Å². The first-order chi connectivity index (χ1) is 17.4. The summed E-state index contributed by atoms with van der Waals surface area (Å²) < 4.78 is 7.00. The molecule has 7 nitrogen and oxygen atoms in total. The molecule has 0 radical (unpaired) electrons. The Hall–Kier alpha value is -3.13. The number of aryl methyl sites for hydroxylation is 1. The normalized spacial score (nSPS) is 14.4. The average molecular weight is 524 g/mol. The number of carbonyl (C=O) groups is 1. The number of piperazine rings is 1. The molecule has 9 heteroatoms. The summed E-state index contributed by atoms with van der Waals surface area (Å²) >= 11 is 12.3. The van der Waals surface area contributed by atoms with Crippen molar-refractivity contribution in [2.24, 2.45) is 0 Å². The van der Waals surface area contributed by atoms with E-state index < -0.39 is 0 Å². The van der Waals surface area contributed by atoms with Crippen molar-refractivity contribution < 1.29 is 9.53 Å². The summed E-state index contributed by atoms with van der Waals surface area (Å²) in [6.07, 6.45) is 1.77. The zero-order valence-corrected chi connectivity index (χ0v) is 21.8. The summed E-state index contributed by atoms with van der Waals surface area (Å²) in [7, 11) is 1.65. The molecule has 1 saturated heterocycles. The molecule has 186 valence electrons. The van der Waals surface area contributed by atoms with Crippen LogP contribution in [0.4, 0.5) is 0 Å². The van der Waals surface area contributed by atoms with Crippen molar-refractivity contribution in [1.29, 1.82) is 0 Å². The van der Waals surface area contributed by atoms with Gasteiger partial charge in [-0.1, -0.05) is 41.4 Å². The van der Waals surface area contributed by atoms with Gasteiger partial charge in [0.2, 0.25) is 5.91 Å². The Kier molecular flexibility index (Phi) is 7.14. The average Bonchev–Trinajstić information content (AvgIpc) is 3.21. The molecule has 5 rings (SSSR count). The molecular formula is C27H27Cl2N5O2. The van der Waals surface area contributed by atoms with E-state index in [1.807, 2.05) is 54.3 Å². The van der Waals surface area contributed by atoms with Crippen molar-refractivity contribution in [3.8, 4) is 16.9 Å². The Morgan fingerprint density at radius 3 is 2.47 bits per heavy atom. The maximum atomic E-state index is 13.2. The molecule has 1 aliphatic heterocycles. The number of fused-ring (bicyclic) bond motifs is 1. The summed E-state index contributed by atoms with van der Waals surface area (Å²) in [4.78, 5) is 21.9. The van der Waals surface area contributed by atoms with Crippen molar-refractivity contribution in [3.05, 3.63) is 76.0 Å². The van der Waals surface area contributed by atoms with E-state index in [1.165, 1.54) is 0 Å². The van der Waals surface area contributed by atoms with Gasteiger partial charge in [0.25, 0.3) is 0 Å². The number of hydrogen-bond donors (Lipinski definition) is 0. The predicted octanol–water partition coefficient (Wildman–Crippen LogP) is 5.07. The third-order valence-electron chi connectivity index (χ3n) is 6.63. The minimum absolute atomic E-state index is 0.0419. The zero-order chi connectivity index (χ0) is 25.2. The van der Waals surface area contributed by atoms with Gasteiger partial charge in [0.1, 0.15) is 12.3 Å². The highest BCUT2D eigenvalue weighted by molar-refractivity contribution is 6.35. The first-order valence-corrected chi connectivity index (χ1v) is 12.6. The highest BCUT2D eigenvalue weighted by Crippen LogP contribution is 2.31. The zero-order valence-electron chi connectivity index (χ0n) is 20.2. The molecule has 1 fully saturated rings. The van der Waals surface area contributed by atoms with Crippen LogP contribution in [0.3, 0.4) is 0 Å². The molecule has 1 aliphatic rings. The molecular weight excluding hydrogens is 497 g/mol. The quantitative estimate of drug-likeness (QED) is 0.353. The van der Waals surface area contributed by atoms with Crippen LogP contribution in [0.25, 0.3) is 22.2 Å². The molecule has 3 heterocycles. The number of nitrogens with zero attached hydrogens (tertiary/aromatic N) is 5. The molecule has 0 spiro atoms. The summed E-state index contributed by atoms with van der Waals surface area (Å²) in [5.41, 5.74) is 4.69. The molecule has 4 aromatic rings. The largest absolute Gasteiger partial charge is 0.497 e. The van der Waals surface area contributed by atoms with Crippen LogP contribution >= 0.6 is 23.2 Å². The summed E-state index contributed by atoms with van der Waals surface area (Å²) in [5, 5.41) is 6.94. The van der Waals surface area contributed by atoms with Gasteiger partial charge in [0.05, 0.1) is 12.8 Å². The van der Waals surface area contributed by atoms with Gasteiger partial charge in [-0.3, -0.25) is 9.69 Å². The van der Waals surface area contributed by atoms with E-state index in [0.717, 1.165) is 53.2 Å². The van der Waals surface area contributed by atoms with Crippen LogP contribution in [0.15, 0.2) is 54.7 Å². The maximum absolute atomic E-state index is 13.2. The number of benzene rings is 2. The lowest BCUT2D eigenvalue weighted by atomic mass is 10.0. The molecule has 1 amide bonds. The SMILES string of the molecule is COc1ccc(-c2ccnc3c2c(C)nn3CC(=O)N2CCN(Cc3ccc(Cl)cc3Cl)CC2)cc1. The number of hydrogen-bond acceptors (Lipinski definition) is 5. The number of halogens is 2. The van der Waals surface area contributed by atoms with Crippen LogP contribution in [0.1, 0.15) is 11.3 Å². The van der Waals surface area contributed by atoms with Gasteiger partial charge in [-0.2, -0.15) is 5.10 Å². The fourth-order valence-corrected chi connectivity index (χ4v) is 5.15. The number of ether oxygens (including phenoxy) is 1. The van der Waals surface area contributed by atoms with E-state index >= 15 is 0 Å². The van der Waals surface area contributed by atoms with Gasteiger partial charge in [0.15, 0.2) is 5.65 Å². The highest BCUT2D eigenvalue weighted by Gasteiger charge is 2.23. The summed E-state index contributed by atoms with van der Waals surface area (Å²) in [6, 6.07) is 15.5. The lowest BCUT2D eigenvalue weighted by Crippen LogP contribution is -2.49. The van der Waals surface area contributed by atoms with Gasteiger partial charge >= 0.3 is 0 Å². The van der Waals surface area contributed by atoms with Crippen LogP contribution < -0.4 is 4.74 Å². The Morgan fingerprint density at radius 2 is 1.78 bits per heavy atom. The molecule has 0 bridgehead atoms. The van der Waals surface area contributed by atoms with Gasteiger partial charge in [-0.25, -0.2) is 9.67 Å². The number of amides is 1. The van der Waals surface area contributed by atoms with Crippen molar-refractivity contribution in [1.82, 2.24) is 24.6 Å². The topological polar surface area (TPSA) is 63.5 Å². The predicted molar refractivity (Wildman–Crippen MR) is 143 cm³/mol. The van der Waals surface area contributed by atoms with Crippen LogP contribution in [0.5, 0.6) is 5.75 Å². The number of methoxy groups -OCH3 is 1. The fraction of sp³-hybridized carbons (Fsp3) is 0.296. The number of rotatable bonds is 6. The van der Waals surface area contributed by atoms with Crippen molar-refractivity contribution in [2.45, 2.75) is 20.0 Å². The van der Waals surface area contributed by atoms with Gasteiger partial charge < -0.3 is 9.64 Å². The van der Waals surface area contributed by atoms with E-state index in [2.05, 4.69) is 15.0 Å². The van der Waals surface area contributed by atoms with Crippen molar-refractivity contribution >= 4 is 40.1 Å². The fourth-order valence-electron chi connectivity index (χ4n) is 4.68. The second-order valence-corrected chi connectivity index (χ2v) is 9.76. The van der Waals surface area contributed by atoms with E-state index in [9.17, 15) is 4.79 Å². The second-order valence-electron chi connectivity index (χ2n) is 8.92. The lowest BCUT2D eigenvalue weighted by Gasteiger charge is -2.35. The van der Waals surface area contributed by atoms with Crippen LogP contribution in [0, 0.1) is 6.92 Å². The molecule has 2 aromatic heterocycles. The number of aromatic nitrogens is 3. The molecule has 0 aliphatic carbocycles. The minimum Gasteiger partial charge on any atom is -0.497 e. The van der Waals surface area contributed by atoms with Crippen molar-refractivity contribution in [3.63, 3.8) is 0 Å². The van der Waals surface area contributed by atoms with Crippen molar-refractivity contribution in [2.75, 3.05) is 33.3 Å². The first kappa shape index (κ1) is 24.6. The third kappa shape index (κ3) is 5.05. The van der Waals surface area contributed by atoms with E-state index in [1.54, 1.807) is 24.1 Å². The van der Waals surface area contributed by atoms with Crippen LogP contribution in [0.2, 0.25) is 10.0 Å². The Bertz CT molecular complexity index is 1400. The van der Waals surface area contributed by atoms with E-state index in [-0.39, 0.29) is 12.5 Å². The van der Waals surface area contributed by atoms with E-state index in [4.69, 9.17) is 27.9 Å². The van der Waals surface area contributed by atoms with E-state index in [0.29, 0.717) is 28.8 Å². The van der Waals surface area contributed by atoms with Crippen LogP contribution in [-0.2, 0) is 17.9 Å². The Balaban J connectivity index is 1.27. The lowest BCUT2D eigenvalue weighted by molar-refractivity contribution is -0.133. The Morgan fingerprint density at radius 1 is 1.03 bits per heavy atom. The first-order valence-electron chi connectivity index (χ1n) is 11.8. The molecule has 0 N–H and O–H groups in total. The molecule has 0 saturated carbocycles.